The number of carbonyl (C=O) groups is 2. The molecule has 1 fully saturated rings. The second kappa shape index (κ2) is 13.1. The number of nitriles is 1. The van der Waals surface area contributed by atoms with Crippen LogP contribution in [0.25, 0.3) is 0 Å². The topological polar surface area (TPSA) is 88.9 Å². The van der Waals surface area contributed by atoms with Crippen LogP contribution >= 0.6 is 0 Å². The lowest BCUT2D eigenvalue weighted by atomic mass is 9.69. The van der Waals surface area contributed by atoms with Gasteiger partial charge in [0.1, 0.15) is 11.4 Å². The van der Waals surface area contributed by atoms with E-state index in [-0.39, 0.29) is 12.5 Å². The maximum absolute atomic E-state index is 13.4. The Balaban J connectivity index is 2.11. The zero-order valence-electron chi connectivity index (χ0n) is 23.0. The lowest BCUT2D eigenvalue weighted by molar-refractivity contribution is -0.147. The number of esters is 1. The molecule has 2 aromatic rings. The normalized spacial score (nSPS) is 18.1. The van der Waals surface area contributed by atoms with Gasteiger partial charge in [0.05, 0.1) is 25.5 Å². The Labute approximate surface area is 226 Å². The SMILES string of the molecule is CCOC(=O)C(C#N)[C@@H](c1ccccc1)[C@@H]1CCCC/C1=C/N(C(=O)OC(C)(C)C)c1ccc(OC)cc1. The van der Waals surface area contributed by atoms with Gasteiger partial charge in [0.2, 0.25) is 0 Å². The van der Waals surface area contributed by atoms with Crippen molar-refractivity contribution in [1.82, 2.24) is 0 Å². The third-order valence-electron chi connectivity index (χ3n) is 6.60. The van der Waals surface area contributed by atoms with Crippen molar-refractivity contribution in [2.24, 2.45) is 11.8 Å². The number of ether oxygens (including phenoxy) is 3. The molecular formula is C31H38N2O5. The van der Waals surface area contributed by atoms with Crippen LogP contribution in [0.4, 0.5) is 10.5 Å². The van der Waals surface area contributed by atoms with Crippen LogP contribution in [0.3, 0.4) is 0 Å². The lowest BCUT2D eigenvalue weighted by Gasteiger charge is -2.36. The van der Waals surface area contributed by atoms with E-state index in [2.05, 4.69) is 6.07 Å². The highest BCUT2D eigenvalue weighted by Crippen LogP contribution is 2.44. The van der Waals surface area contributed by atoms with Crippen LogP contribution in [0.2, 0.25) is 0 Å². The molecule has 38 heavy (non-hydrogen) atoms. The minimum Gasteiger partial charge on any atom is -0.497 e. The predicted molar refractivity (Wildman–Crippen MR) is 147 cm³/mol. The number of anilines is 1. The fraction of sp³-hybridized carbons (Fsp3) is 0.452. The molecule has 2 aromatic carbocycles. The van der Waals surface area contributed by atoms with Crippen LogP contribution < -0.4 is 9.64 Å². The van der Waals surface area contributed by atoms with Crippen molar-refractivity contribution in [3.63, 3.8) is 0 Å². The summed E-state index contributed by atoms with van der Waals surface area (Å²) < 4.78 is 16.4. The summed E-state index contributed by atoms with van der Waals surface area (Å²) in [6.07, 6.45) is 4.78. The van der Waals surface area contributed by atoms with Crippen molar-refractivity contribution in [2.45, 2.75) is 64.9 Å². The van der Waals surface area contributed by atoms with E-state index in [4.69, 9.17) is 14.2 Å². The molecule has 0 aliphatic heterocycles. The third-order valence-corrected chi connectivity index (χ3v) is 6.60. The average molecular weight is 519 g/mol. The van der Waals surface area contributed by atoms with E-state index in [1.54, 1.807) is 26.2 Å². The summed E-state index contributed by atoms with van der Waals surface area (Å²) in [4.78, 5) is 27.9. The minimum atomic E-state index is -0.972. The van der Waals surface area contributed by atoms with Crippen molar-refractivity contribution in [3.8, 4) is 11.8 Å². The van der Waals surface area contributed by atoms with Crippen molar-refractivity contribution >= 4 is 17.7 Å². The van der Waals surface area contributed by atoms with E-state index in [1.807, 2.05) is 69.4 Å². The summed E-state index contributed by atoms with van der Waals surface area (Å²) in [6.45, 7) is 7.43. The monoisotopic (exact) mass is 518 g/mol. The number of rotatable bonds is 8. The fourth-order valence-corrected chi connectivity index (χ4v) is 4.93. The molecule has 1 amide bonds. The maximum Gasteiger partial charge on any atom is 0.418 e. The molecule has 1 saturated carbocycles. The van der Waals surface area contributed by atoms with Crippen molar-refractivity contribution in [1.29, 1.82) is 5.26 Å². The largest absolute Gasteiger partial charge is 0.497 e. The fourth-order valence-electron chi connectivity index (χ4n) is 4.93. The molecule has 3 atom stereocenters. The van der Waals surface area contributed by atoms with Gasteiger partial charge in [0.15, 0.2) is 5.92 Å². The zero-order valence-corrected chi connectivity index (χ0v) is 23.0. The van der Waals surface area contributed by atoms with Crippen LogP contribution in [0, 0.1) is 23.2 Å². The number of allylic oxidation sites excluding steroid dienone is 1. The first-order valence-corrected chi connectivity index (χ1v) is 13.2. The van der Waals surface area contributed by atoms with E-state index < -0.39 is 29.5 Å². The van der Waals surface area contributed by atoms with Gasteiger partial charge in [-0.25, -0.2) is 4.79 Å². The van der Waals surface area contributed by atoms with Gasteiger partial charge in [0.25, 0.3) is 0 Å². The van der Waals surface area contributed by atoms with E-state index in [1.165, 1.54) is 4.90 Å². The summed E-state index contributed by atoms with van der Waals surface area (Å²) in [6, 6.07) is 19.1. The molecule has 7 nitrogen and oxygen atoms in total. The van der Waals surface area contributed by atoms with Gasteiger partial charge in [0, 0.05) is 12.1 Å². The smallest absolute Gasteiger partial charge is 0.418 e. The standard InChI is InChI=1S/C31H38N2O5/c1-6-37-29(34)27(20-32)28(22-12-8-7-9-13-22)26-15-11-10-14-23(26)21-33(30(35)38-31(2,3)4)24-16-18-25(36-5)19-17-24/h7-9,12-13,16-19,21,26-28H,6,10-11,14-15H2,1-5H3/b23-21-/t26-,27?,28+/m1/s1. The summed E-state index contributed by atoms with van der Waals surface area (Å²) in [7, 11) is 1.59. The Hall–Kier alpha value is -3.79. The molecule has 0 bridgehead atoms. The van der Waals surface area contributed by atoms with Gasteiger partial charge in [-0.1, -0.05) is 36.8 Å². The second-order valence-corrected chi connectivity index (χ2v) is 10.4. The van der Waals surface area contributed by atoms with Gasteiger partial charge in [-0.15, -0.1) is 0 Å². The summed E-state index contributed by atoms with van der Waals surface area (Å²) in [5, 5.41) is 10.1. The number of hydrogen-bond donors (Lipinski definition) is 0. The van der Waals surface area contributed by atoms with E-state index in [0.29, 0.717) is 11.4 Å². The van der Waals surface area contributed by atoms with Gasteiger partial charge >= 0.3 is 12.1 Å². The number of amides is 1. The van der Waals surface area contributed by atoms with Gasteiger partial charge in [-0.3, -0.25) is 9.69 Å². The number of hydrogen-bond acceptors (Lipinski definition) is 6. The van der Waals surface area contributed by atoms with Crippen LogP contribution in [0.1, 0.15) is 64.9 Å². The maximum atomic E-state index is 13.4. The molecule has 1 aliphatic carbocycles. The van der Waals surface area contributed by atoms with Gasteiger partial charge < -0.3 is 14.2 Å². The first-order chi connectivity index (χ1) is 18.2. The van der Waals surface area contributed by atoms with Gasteiger partial charge in [-0.05, 0) is 88.3 Å². The van der Waals surface area contributed by atoms with Crippen molar-refractivity contribution in [2.75, 3.05) is 18.6 Å². The molecule has 0 aromatic heterocycles. The molecule has 1 aliphatic rings. The number of carbonyl (C=O) groups excluding carboxylic acids is 2. The first kappa shape index (κ1) is 28.8. The summed E-state index contributed by atoms with van der Waals surface area (Å²) >= 11 is 0. The predicted octanol–water partition coefficient (Wildman–Crippen LogP) is 7.00. The molecule has 0 spiro atoms. The summed E-state index contributed by atoms with van der Waals surface area (Å²) in [5.74, 6) is -1.36. The third kappa shape index (κ3) is 7.38. The molecule has 0 N–H and O–H groups in total. The average Bonchev–Trinajstić information content (AvgIpc) is 2.90. The summed E-state index contributed by atoms with van der Waals surface area (Å²) in [5.41, 5.74) is 1.85. The molecule has 7 heteroatoms. The molecule has 202 valence electrons. The Morgan fingerprint density at radius 1 is 1.11 bits per heavy atom. The number of benzene rings is 2. The molecule has 0 radical (unpaired) electrons. The lowest BCUT2D eigenvalue weighted by Crippen LogP contribution is -2.35. The van der Waals surface area contributed by atoms with Crippen LogP contribution in [-0.4, -0.2) is 31.4 Å². The Kier molecular flexibility index (Phi) is 9.95. The Morgan fingerprint density at radius 2 is 1.79 bits per heavy atom. The van der Waals surface area contributed by atoms with E-state index in [9.17, 15) is 14.9 Å². The highest BCUT2D eigenvalue weighted by Gasteiger charge is 2.39. The second-order valence-electron chi connectivity index (χ2n) is 10.4. The zero-order chi connectivity index (χ0) is 27.7. The Bertz CT molecular complexity index is 1150. The van der Waals surface area contributed by atoms with Crippen LogP contribution in [-0.2, 0) is 14.3 Å². The quantitative estimate of drug-likeness (QED) is 0.350. The highest BCUT2D eigenvalue weighted by atomic mass is 16.6. The van der Waals surface area contributed by atoms with E-state index in [0.717, 1.165) is 36.8 Å². The molecule has 0 heterocycles. The first-order valence-electron chi connectivity index (χ1n) is 13.2. The van der Waals surface area contributed by atoms with Crippen molar-refractivity contribution in [3.05, 3.63) is 71.9 Å². The molecular weight excluding hydrogens is 480 g/mol. The van der Waals surface area contributed by atoms with Crippen LogP contribution in [0.5, 0.6) is 5.75 Å². The molecule has 0 saturated heterocycles. The van der Waals surface area contributed by atoms with Gasteiger partial charge in [-0.2, -0.15) is 5.26 Å². The Morgan fingerprint density at radius 3 is 2.37 bits per heavy atom. The van der Waals surface area contributed by atoms with Crippen molar-refractivity contribution < 1.29 is 23.8 Å². The van der Waals surface area contributed by atoms with E-state index >= 15 is 0 Å². The minimum absolute atomic E-state index is 0.136. The molecule has 3 rings (SSSR count). The number of nitrogens with zero attached hydrogens (tertiary/aromatic N) is 2. The van der Waals surface area contributed by atoms with Crippen LogP contribution in [0.15, 0.2) is 66.4 Å². The molecule has 1 unspecified atom stereocenters. The number of methoxy groups -OCH3 is 1. The highest BCUT2D eigenvalue weighted by molar-refractivity contribution is 5.90.